The van der Waals surface area contributed by atoms with E-state index in [1.165, 1.54) is 0 Å². The third kappa shape index (κ3) is 2.86. The van der Waals surface area contributed by atoms with Crippen LogP contribution in [0.1, 0.15) is 5.56 Å². The van der Waals surface area contributed by atoms with Crippen LogP contribution in [0.2, 0.25) is 0 Å². The van der Waals surface area contributed by atoms with Gasteiger partial charge in [0.05, 0.1) is 28.6 Å². The molecule has 0 aromatic carbocycles. The predicted octanol–water partition coefficient (Wildman–Crippen LogP) is 4.93. The molecule has 148 valence electrons. The number of aromatic nitrogens is 7. The van der Waals surface area contributed by atoms with Crippen molar-refractivity contribution in [3.63, 3.8) is 0 Å². The van der Waals surface area contributed by atoms with Crippen molar-refractivity contribution < 1.29 is 0 Å². The number of aromatic amines is 2. The predicted molar refractivity (Wildman–Crippen MR) is 120 cm³/mol. The average molecular weight is 403 g/mol. The summed E-state index contributed by atoms with van der Waals surface area (Å²) < 4.78 is 0. The Morgan fingerprint density at radius 1 is 0.806 bits per heavy atom. The molecule has 6 aromatic rings. The zero-order valence-electron chi connectivity index (χ0n) is 16.7. The fourth-order valence-corrected chi connectivity index (χ4v) is 3.90. The van der Waals surface area contributed by atoms with Gasteiger partial charge in [-0.15, -0.1) is 0 Å². The maximum Gasteiger partial charge on any atom is 0.135 e. The van der Waals surface area contributed by atoms with Gasteiger partial charge in [-0.2, -0.15) is 5.10 Å². The molecular weight excluding hydrogens is 386 g/mol. The van der Waals surface area contributed by atoms with Gasteiger partial charge in [-0.3, -0.25) is 20.1 Å². The van der Waals surface area contributed by atoms with Crippen LogP contribution >= 0.6 is 0 Å². The van der Waals surface area contributed by atoms with Crippen molar-refractivity contribution in [2.45, 2.75) is 6.92 Å². The van der Waals surface area contributed by atoms with Crippen LogP contribution in [-0.4, -0.2) is 35.1 Å². The Morgan fingerprint density at radius 2 is 1.71 bits per heavy atom. The summed E-state index contributed by atoms with van der Waals surface area (Å²) in [6.07, 6.45) is 10.9. The highest BCUT2D eigenvalue weighted by atomic mass is 15.1. The number of nitrogens with zero attached hydrogens (tertiary/aromatic N) is 5. The van der Waals surface area contributed by atoms with Crippen molar-refractivity contribution in [2.24, 2.45) is 0 Å². The van der Waals surface area contributed by atoms with E-state index in [0.29, 0.717) is 0 Å². The molecule has 0 saturated heterocycles. The Kier molecular flexibility index (Phi) is 3.86. The summed E-state index contributed by atoms with van der Waals surface area (Å²) in [6.45, 7) is 2.06. The molecular formula is C24H17N7. The van der Waals surface area contributed by atoms with E-state index in [9.17, 15) is 0 Å². The first kappa shape index (κ1) is 17.5. The van der Waals surface area contributed by atoms with Gasteiger partial charge in [0.2, 0.25) is 0 Å². The van der Waals surface area contributed by atoms with E-state index in [4.69, 9.17) is 4.98 Å². The van der Waals surface area contributed by atoms with E-state index in [1.54, 1.807) is 12.4 Å². The van der Waals surface area contributed by atoms with E-state index < -0.39 is 0 Å². The molecule has 0 bridgehead atoms. The smallest absolute Gasteiger partial charge is 0.135 e. The van der Waals surface area contributed by atoms with Crippen molar-refractivity contribution in [3.8, 4) is 33.8 Å². The molecule has 0 fully saturated rings. The molecule has 6 heterocycles. The summed E-state index contributed by atoms with van der Waals surface area (Å²) >= 11 is 0. The summed E-state index contributed by atoms with van der Waals surface area (Å²) in [5.41, 5.74) is 9.33. The van der Waals surface area contributed by atoms with Crippen molar-refractivity contribution in [1.29, 1.82) is 0 Å². The average Bonchev–Trinajstić information content (AvgIpc) is 3.43. The summed E-state index contributed by atoms with van der Waals surface area (Å²) in [6, 6.07) is 12.0. The minimum Gasteiger partial charge on any atom is -0.352 e. The SMILES string of the molecule is Cc1ccncc1-c1ccc2[nH]nc(-c3cc4c(-c5cccnc5)cncc4[nH]3)c2n1. The van der Waals surface area contributed by atoms with Gasteiger partial charge in [-0.1, -0.05) is 6.07 Å². The van der Waals surface area contributed by atoms with Crippen LogP contribution < -0.4 is 0 Å². The van der Waals surface area contributed by atoms with Gasteiger partial charge in [0.15, 0.2) is 0 Å². The fraction of sp³-hybridized carbons (Fsp3) is 0.0417. The van der Waals surface area contributed by atoms with E-state index in [0.717, 1.165) is 61.3 Å². The standard InChI is InChI=1S/C24H17N7/c1-14-6-8-26-11-17(14)19-4-5-20-23(29-19)24(31-30-20)21-9-16-18(12-27-13-22(16)28-21)15-3-2-7-25-10-15/h2-13,28H,1H3,(H,30,31). The minimum absolute atomic E-state index is 0.770. The van der Waals surface area contributed by atoms with Crippen molar-refractivity contribution in [3.05, 3.63) is 79.1 Å². The number of nitrogens with one attached hydrogen (secondary N) is 2. The topological polar surface area (TPSA) is 96.0 Å². The lowest BCUT2D eigenvalue weighted by atomic mass is 10.1. The summed E-state index contributed by atoms with van der Waals surface area (Å²) in [7, 11) is 0. The number of rotatable bonds is 3. The molecule has 0 atom stereocenters. The molecule has 2 N–H and O–H groups in total. The molecule has 7 heteroatoms. The second-order valence-electron chi connectivity index (χ2n) is 7.43. The molecule has 6 rings (SSSR count). The normalized spacial score (nSPS) is 11.4. The van der Waals surface area contributed by atoms with Gasteiger partial charge >= 0.3 is 0 Å². The van der Waals surface area contributed by atoms with Gasteiger partial charge in [0.1, 0.15) is 11.2 Å². The number of pyridine rings is 4. The van der Waals surface area contributed by atoms with Gasteiger partial charge in [0, 0.05) is 53.1 Å². The van der Waals surface area contributed by atoms with Crippen molar-refractivity contribution >= 4 is 21.9 Å². The van der Waals surface area contributed by atoms with Crippen LogP contribution in [0.4, 0.5) is 0 Å². The van der Waals surface area contributed by atoms with Crippen LogP contribution in [0.15, 0.2) is 73.6 Å². The van der Waals surface area contributed by atoms with Crippen LogP contribution in [0.5, 0.6) is 0 Å². The summed E-state index contributed by atoms with van der Waals surface area (Å²) in [5, 5.41) is 8.71. The molecule has 0 unspecified atom stereocenters. The Morgan fingerprint density at radius 3 is 2.58 bits per heavy atom. The number of hydrogen-bond acceptors (Lipinski definition) is 5. The lowest BCUT2D eigenvalue weighted by Gasteiger charge is -2.04. The highest BCUT2D eigenvalue weighted by molar-refractivity contribution is 5.99. The summed E-state index contributed by atoms with van der Waals surface area (Å²) in [4.78, 5) is 21.3. The second kappa shape index (κ2) is 6.84. The Balaban J connectivity index is 1.52. The quantitative estimate of drug-likeness (QED) is 0.437. The Hall–Kier alpha value is -4.39. The molecule has 0 amide bonds. The van der Waals surface area contributed by atoms with Crippen LogP contribution in [-0.2, 0) is 0 Å². The maximum atomic E-state index is 4.91. The Labute approximate surface area is 177 Å². The summed E-state index contributed by atoms with van der Waals surface area (Å²) in [5.74, 6) is 0. The van der Waals surface area contributed by atoms with E-state index in [-0.39, 0.29) is 0 Å². The molecule has 7 nitrogen and oxygen atoms in total. The first-order valence-corrected chi connectivity index (χ1v) is 9.91. The highest BCUT2D eigenvalue weighted by Gasteiger charge is 2.16. The third-order valence-corrected chi connectivity index (χ3v) is 5.50. The zero-order valence-corrected chi connectivity index (χ0v) is 16.7. The fourth-order valence-electron chi connectivity index (χ4n) is 3.90. The van der Waals surface area contributed by atoms with Crippen LogP contribution in [0.25, 0.3) is 55.7 Å². The number of fused-ring (bicyclic) bond motifs is 2. The van der Waals surface area contributed by atoms with Gasteiger partial charge in [-0.05, 0) is 42.8 Å². The Bertz CT molecular complexity index is 1550. The maximum absolute atomic E-state index is 4.91. The first-order chi connectivity index (χ1) is 15.3. The van der Waals surface area contributed by atoms with Gasteiger partial charge < -0.3 is 4.98 Å². The number of H-pyrrole nitrogens is 2. The van der Waals surface area contributed by atoms with Crippen molar-refractivity contribution in [1.82, 2.24) is 35.1 Å². The number of aryl methyl sites for hydroxylation is 1. The zero-order chi connectivity index (χ0) is 20.8. The molecule has 0 aliphatic rings. The monoisotopic (exact) mass is 403 g/mol. The third-order valence-electron chi connectivity index (χ3n) is 5.50. The lowest BCUT2D eigenvalue weighted by molar-refractivity contribution is 1.12. The molecule has 0 aliphatic heterocycles. The largest absolute Gasteiger partial charge is 0.352 e. The van der Waals surface area contributed by atoms with E-state index in [2.05, 4.69) is 43.1 Å². The number of hydrogen-bond donors (Lipinski definition) is 2. The molecule has 6 aromatic heterocycles. The minimum atomic E-state index is 0.770. The van der Waals surface area contributed by atoms with Crippen LogP contribution in [0, 0.1) is 6.92 Å². The lowest BCUT2D eigenvalue weighted by Crippen LogP contribution is -1.89. The molecule has 0 aliphatic carbocycles. The van der Waals surface area contributed by atoms with Crippen molar-refractivity contribution in [2.75, 3.05) is 0 Å². The second-order valence-corrected chi connectivity index (χ2v) is 7.43. The molecule has 0 radical (unpaired) electrons. The van der Waals surface area contributed by atoms with Gasteiger partial charge in [-0.25, -0.2) is 4.98 Å². The van der Waals surface area contributed by atoms with E-state index in [1.807, 2.05) is 55.1 Å². The molecule has 0 spiro atoms. The molecule has 31 heavy (non-hydrogen) atoms. The van der Waals surface area contributed by atoms with Gasteiger partial charge in [0.25, 0.3) is 0 Å². The van der Waals surface area contributed by atoms with Crippen LogP contribution in [0.3, 0.4) is 0 Å². The highest BCUT2D eigenvalue weighted by Crippen LogP contribution is 2.33. The first-order valence-electron chi connectivity index (χ1n) is 9.91. The molecule has 0 saturated carbocycles. The van der Waals surface area contributed by atoms with E-state index >= 15 is 0 Å².